The summed E-state index contributed by atoms with van der Waals surface area (Å²) in [4.78, 5) is 4.81. The Morgan fingerprint density at radius 1 is 1.17 bits per heavy atom. The molecule has 1 saturated heterocycles. The fourth-order valence-corrected chi connectivity index (χ4v) is 3.56. The van der Waals surface area contributed by atoms with Gasteiger partial charge in [-0.2, -0.15) is 0 Å². The van der Waals surface area contributed by atoms with Crippen molar-refractivity contribution in [3.63, 3.8) is 0 Å². The minimum Gasteiger partial charge on any atom is -0.317 e. The highest BCUT2D eigenvalue weighted by Crippen LogP contribution is 2.31. The molecule has 18 heavy (non-hydrogen) atoms. The topological polar surface area (TPSA) is 24.9 Å². The van der Waals surface area contributed by atoms with Gasteiger partial charge in [-0.1, -0.05) is 28.1 Å². The van der Waals surface area contributed by atoms with E-state index in [-0.39, 0.29) is 0 Å². The summed E-state index contributed by atoms with van der Waals surface area (Å²) in [7, 11) is 0. The van der Waals surface area contributed by atoms with E-state index in [9.17, 15) is 0 Å². The molecule has 1 N–H and O–H groups in total. The molecule has 94 valence electrons. The molecule has 0 atom stereocenters. The maximum atomic E-state index is 4.81. The number of aromatic nitrogens is 1. The van der Waals surface area contributed by atoms with Gasteiger partial charge >= 0.3 is 0 Å². The lowest BCUT2D eigenvalue weighted by Gasteiger charge is -2.20. The number of halogens is 1. The molecule has 1 aromatic heterocycles. The van der Waals surface area contributed by atoms with Gasteiger partial charge < -0.3 is 5.32 Å². The molecular formula is C14H15BrN2S. The van der Waals surface area contributed by atoms with E-state index >= 15 is 0 Å². The summed E-state index contributed by atoms with van der Waals surface area (Å²) in [5.74, 6) is 0.653. The molecule has 0 saturated carbocycles. The maximum Gasteiger partial charge on any atom is 0.0964 e. The lowest BCUT2D eigenvalue weighted by atomic mass is 9.99. The van der Waals surface area contributed by atoms with E-state index in [0.29, 0.717) is 5.92 Å². The second-order valence-corrected chi connectivity index (χ2v) is 6.41. The van der Waals surface area contributed by atoms with E-state index in [0.717, 1.165) is 23.3 Å². The molecule has 3 rings (SSSR count). The zero-order valence-corrected chi connectivity index (χ0v) is 12.4. The molecule has 2 nitrogen and oxygen atoms in total. The van der Waals surface area contributed by atoms with Gasteiger partial charge in [-0.15, -0.1) is 11.3 Å². The summed E-state index contributed by atoms with van der Waals surface area (Å²) in [5.41, 5.74) is 2.32. The first-order valence-corrected chi connectivity index (χ1v) is 7.92. The molecule has 0 spiro atoms. The van der Waals surface area contributed by atoms with Crippen LogP contribution in [0.1, 0.15) is 23.8 Å². The van der Waals surface area contributed by atoms with Crippen LogP contribution in [0.15, 0.2) is 34.1 Å². The van der Waals surface area contributed by atoms with E-state index in [4.69, 9.17) is 4.98 Å². The van der Waals surface area contributed by atoms with Crippen molar-refractivity contribution in [2.75, 3.05) is 13.1 Å². The smallest absolute Gasteiger partial charge is 0.0964 e. The zero-order chi connectivity index (χ0) is 12.4. The van der Waals surface area contributed by atoms with Crippen molar-refractivity contribution in [3.8, 4) is 11.3 Å². The molecule has 1 fully saturated rings. The van der Waals surface area contributed by atoms with Crippen LogP contribution in [0.25, 0.3) is 11.3 Å². The fraction of sp³-hybridized carbons (Fsp3) is 0.357. The normalized spacial score (nSPS) is 16.9. The first-order chi connectivity index (χ1) is 8.83. The van der Waals surface area contributed by atoms with Crippen molar-refractivity contribution >= 4 is 27.3 Å². The summed E-state index contributed by atoms with van der Waals surface area (Å²) in [6, 6.07) is 8.37. The monoisotopic (exact) mass is 322 g/mol. The van der Waals surface area contributed by atoms with E-state index in [1.54, 1.807) is 11.3 Å². The molecule has 1 aromatic carbocycles. The molecule has 2 aromatic rings. The number of piperidine rings is 1. The Morgan fingerprint density at radius 3 is 2.61 bits per heavy atom. The van der Waals surface area contributed by atoms with E-state index in [1.807, 2.05) is 0 Å². The second-order valence-electron chi connectivity index (χ2n) is 4.60. The van der Waals surface area contributed by atoms with Crippen molar-refractivity contribution in [2.24, 2.45) is 0 Å². The van der Waals surface area contributed by atoms with Crippen LogP contribution in [0.2, 0.25) is 0 Å². The molecule has 0 bridgehead atoms. The van der Waals surface area contributed by atoms with Crippen molar-refractivity contribution in [1.82, 2.24) is 10.3 Å². The van der Waals surface area contributed by atoms with Crippen molar-refractivity contribution < 1.29 is 0 Å². The summed E-state index contributed by atoms with van der Waals surface area (Å²) >= 11 is 5.27. The molecule has 1 aliphatic rings. The van der Waals surface area contributed by atoms with Crippen LogP contribution < -0.4 is 5.32 Å². The van der Waals surface area contributed by atoms with Gasteiger partial charge in [0.15, 0.2) is 0 Å². The number of nitrogens with zero attached hydrogens (tertiary/aromatic N) is 1. The van der Waals surface area contributed by atoms with Gasteiger partial charge in [-0.25, -0.2) is 4.98 Å². The predicted molar refractivity (Wildman–Crippen MR) is 80.1 cm³/mol. The second kappa shape index (κ2) is 5.51. The predicted octanol–water partition coefficient (Wildman–Crippen LogP) is 4.04. The van der Waals surface area contributed by atoms with Gasteiger partial charge in [0, 0.05) is 21.3 Å². The van der Waals surface area contributed by atoms with Crippen LogP contribution in [0.3, 0.4) is 0 Å². The van der Waals surface area contributed by atoms with E-state index < -0.39 is 0 Å². The van der Waals surface area contributed by atoms with Crippen LogP contribution >= 0.6 is 27.3 Å². The summed E-state index contributed by atoms with van der Waals surface area (Å²) < 4.78 is 1.11. The molecular weight excluding hydrogens is 308 g/mol. The summed E-state index contributed by atoms with van der Waals surface area (Å²) in [6.07, 6.45) is 2.43. The van der Waals surface area contributed by atoms with Gasteiger partial charge in [0.25, 0.3) is 0 Å². The average Bonchev–Trinajstić information content (AvgIpc) is 2.90. The first-order valence-electron chi connectivity index (χ1n) is 6.25. The minimum absolute atomic E-state index is 0.653. The van der Waals surface area contributed by atoms with Gasteiger partial charge in [-0.05, 0) is 38.1 Å². The molecule has 0 aliphatic carbocycles. The first kappa shape index (κ1) is 12.3. The molecule has 0 amide bonds. The largest absolute Gasteiger partial charge is 0.317 e. The summed E-state index contributed by atoms with van der Waals surface area (Å²) in [6.45, 7) is 2.25. The van der Waals surface area contributed by atoms with E-state index in [1.165, 1.54) is 23.4 Å². The lowest BCUT2D eigenvalue weighted by Crippen LogP contribution is -2.26. The van der Waals surface area contributed by atoms with Crippen LogP contribution in [-0.4, -0.2) is 18.1 Å². The summed E-state index contributed by atoms with van der Waals surface area (Å²) in [5, 5.41) is 6.88. The molecule has 0 unspecified atom stereocenters. The maximum absolute atomic E-state index is 4.81. The van der Waals surface area contributed by atoms with Crippen LogP contribution in [0.4, 0.5) is 0 Å². The number of hydrogen-bond acceptors (Lipinski definition) is 3. The fourth-order valence-electron chi connectivity index (χ4n) is 2.30. The highest BCUT2D eigenvalue weighted by Gasteiger charge is 2.18. The Balaban J connectivity index is 1.82. The Kier molecular flexibility index (Phi) is 3.77. The Labute approximate surface area is 120 Å². The zero-order valence-electron chi connectivity index (χ0n) is 10.0. The quantitative estimate of drug-likeness (QED) is 0.902. The number of hydrogen-bond donors (Lipinski definition) is 1. The van der Waals surface area contributed by atoms with Gasteiger partial charge in [0.05, 0.1) is 10.7 Å². The van der Waals surface area contributed by atoms with Crippen molar-refractivity contribution in [1.29, 1.82) is 0 Å². The highest BCUT2D eigenvalue weighted by atomic mass is 79.9. The van der Waals surface area contributed by atoms with Crippen LogP contribution in [0, 0.1) is 0 Å². The lowest BCUT2D eigenvalue weighted by molar-refractivity contribution is 0.459. The van der Waals surface area contributed by atoms with Gasteiger partial charge in [0.1, 0.15) is 0 Å². The number of benzene rings is 1. The third-order valence-corrected chi connectivity index (χ3v) is 4.89. The third-order valence-electron chi connectivity index (χ3n) is 3.35. The van der Waals surface area contributed by atoms with E-state index in [2.05, 4.69) is 50.9 Å². The van der Waals surface area contributed by atoms with Crippen LogP contribution in [-0.2, 0) is 0 Å². The third kappa shape index (κ3) is 2.66. The Bertz CT molecular complexity index is 515. The highest BCUT2D eigenvalue weighted by molar-refractivity contribution is 9.10. The van der Waals surface area contributed by atoms with Gasteiger partial charge in [0.2, 0.25) is 0 Å². The van der Waals surface area contributed by atoms with Crippen molar-refractivity contribution in [3.05, 3.63) is 39.1 Å². The average molecular weight is 323 g/mol. The molecule has 1 aliphatic heterocycles. The van der Waals surface area contributed by atoms with Crippen LogP contribution in [0.5, 0.6) is 0 Å². The van der Waals surface area contributed by atoms with Crippen molar-refractivity contribution in [2.45, 2.75) is 18.8 Å². The SMILES string of the molecule is Brc1ccc(-c2csc(C3CCNCC3)n2)cc1. The Hall–Kier alpha value is -0.710. The van der Waals surface area contributed by atoms with Gasteiger partial charge in [-0.3, -0.25) is 0 Å². The standard InChI is InChI=1S/C14H15BrN2S/c15-12-3-1-10(2-4-12)13-9-18-14(17-13)11-5-7-16-8-6-11/h1-4,9,11,16H,5-8H2. The number of nitrogens with one attached hydrogen (secondary N) is 1. The minimum atomic E-state index is 0.653. The number of rotatable bonds is 2. The molecule has 2 heterocycles. The molecule has 0 radical (unpaired) electrons. The Morgan fingerprint density at radius 2 is 1.89 bits per heavy atom. The molecule has 4 heteroatoms. The number of thiazole rings is 1.